The molecule has 0 spiro atoms. The molecule has 2 aromatic carbocycles. The third-order valence-electron chi connectivity index (χ3n) is 5.73. The summed E-state index contributed by atoms with van der Waals surface area (Å²) in [7, 11) is 0. The molecule has 170 valence electrons. The Labute approximate surface area is 191 Å². The minimum absolute atomic E-state index is 0.309. The Balaban J connectivity index is 1.47. The van der Waals surface area contributed by atoms with Crippen LogP contribution in [0.5, 0.6) is 5.75 Å². The monoisotopic (exact) mass is 447 g/mol. The molecule has 3 aromatic rings. The van der Waals surface area contributed by atoms with E-state index in [4.69, 9.17) is 9.84 Å². The van der Waals surface area contributed by atoms with Gasteiger partial charge in [-0.3, -0.25) is 14.9 Å². The number of carboxylic acids is 2. The first-order chi connectivity index (χ1) is 16.0. The molecule has 1 aliphatic rings. The van der Waals surface area contributed by atoms with Gasteiger partial charge in [0, 0.05) is 36.6 Å². The van der Waals surface area contributed by atoms with Gasteiger partial charge in [0.2, 0.25) is 0 Å². The molecule has 0 saturated carbocycles. The topological polar surface area (TPSA) is 113 Å². The minimum Gasteiger partial charge on any atom is -0.482 e. The van der Waals surface area contributed by atoms with E-state index in [9.17, 15) is 14.7 Å². The lowest BCUT2D eigenvalue weighted by atomic mass is 9.97. The predicted octanol–water partition coefficient (Wildman–Crippen LogP) is 3.37. The molecule has 1 aromatic heterocycles. The summed E-state index contributed by atoms with van der Waals surface area (Å²) in [6.45, 7) is 1.98. The lowest BCUT2D eigenvalue weighted by Crippen LogP contribution is -2.21. The summed E-state index contributed by atoms with van der Waals surface area (Å²) in [6, 6.07) is 12.7. The molecule has 1 saturated heterocycles. The molecule has 0 aliphatic carbocycles. The Bertz CT molecular complexity index is 1140. The predicted molar refractivity (Wildman–Crippen MR) is 121 cm³/mol. The first-order valence-electron chi connectivity index (χ1n) is 10.8. The Kier molecular flexibility index (Phi) is 6.95. The quantitative estimate of drug-likeness (QED) is 0.513. The highest BCUT2D eigenvalue weighted by Crippen LogP contribution is 2.29. The van der Waals surface area contributed by atoms with Crippen molar-refractivity contribution in [2.45, 2.75) is 19.4 Å². The second-order valence-electron chi connectivity index (χ2n) is 8.20. The number of ether oxygens (including phenoxy) is 1. The van der Waals surface area contributed by atoms with E-state index < -0.39 is 18.5 Å². The van der Waals surface area contributed by atoms with Gasteiger partial charge < -0.3 is 14.9 Å². The number of rotatable bonds is 9. The molecule has 1 fully saturated rings. The molecule has 8 heteroatoms. The fourth-order valence-corrected chi connectivity index (χ4v) is 4.22. The van der Waals surface area contributed by atoms with E-state index in [0.29, 0.717) is 23.8 Å². The number of likely N-dealkylation sites (tertiary alicyclic amines) is 1. The van der Waals surface area contributed by atoms with Crippen molar-refractivity contribution in [2.24, 2.45) is 5.92 Å². The molecule has 1 unspecified atom stereocenters. The first-order valence-corrected chi connectivity index (χ1v) is 10.8. The molecular weight excluding hydrogens is 422 g/mol. The van der Waals surface area contributed by atoms with Crippen LogP contribution in [0.15, 0.2) is 61.1 Å². The van der Waals surface area contributed by atoms with Crippen molar-refractivity contribution in [1.29, 1.82) is 0 Å². The zero-order chi connectivity index (χ0) is 23.2. The van der Waals surface area contributed by atoms with Gasteiger partial charge in [-0.2, -0.15) is 0 Å². The SMILES string of the molecule is O=C(O)COc1ccc(-c2cnccn2)cc1CN1CCC(Cc2cccc(C(=O)O)c2)C1. The third-order valence-corrected chi connectivity index (χ3v) is 5.73. The number of aliphatic carboxylic acids is 1. The lowest BCUT2D eigenvalue weighted by Gasteiger charge is -2.19. The summed E-state index contributed by atoms with van der Waals surface area (Å²) in [6.07, 6.45) is 6.76. The molecule has 0 amide bonds. The molecule has 0 radical (unpaired) electrons. The highest BCUT2D eigenvalue weighted by molar-refractivity contribution is 5.87. The standard InChI is InChI=1S/C25H25N3O5/c29-24(30)16-33-23-5-4-19(22-13-26-7-8-27-22)12-21(23)15-28-9-6-18(14-28)10-17-2-1-3-20(11-17)25(31)32/h1-5,7-8,11-13,18H,6,9-10,14-16H2,(H,29,30)(H,31,32). The highest BCUT2D eigenvalue weighted by Gasteiger charge is 2.24. The van der Waals surface area contributed by atoms with Crippen LogP contribution in [0.3, 0.4) is 0 Å². The zero-order valence-corrected chi connectivity index (χ0v) is 18.1. The van der Waals surface area contributed by atoms with Crippen LogP contribution in [0.4, 0.5) is 0 Å². The van der Waals surface area contributed by atoms with Crippen molar-refractivity contribution in [3.8, 4) is 17.0 Å². The van der Waals surface area contributed by atoms with Gasteiger partial charge in [0.05, 0.1) is 17.5 Å². The third kappa shape index (κ3) is 5.93. The fourth-order valence-electron chi connectivity index (χ4n) is 4.22. The summed E-state index contributed by atoms with van der Waals surface area (Å²) in [5.74, 6) is -0.978. The molecule has 8 nitrogen and oxygen atoms in total. The average Bonchev–Trinajstić information content (AvgIpc) is 3.25. The van der Waals surface area contributed by atoms with Crippen molar-refractivity contribution in [3.05, 3.63) is 77.7 Å². The van der Waals surface area contributed by atoms with Crippen LogP contribution >= 0.6 is 0 Å². The summed E-state index contributed by atoms with van der Waals surface area (Å²) >= 11 is 0. The van der Waals surface area contributed by atoms with Gasteiger partial charge in [0.25, 0.3) is 0 Å². The van der Waals surface area contributed by atoms with Crippen LogP contribution in [0.25, 0.3) is 11.3 Å². The van der Waals surface area contributed by atoms with Gasteiger partial charge in [-0.05, 0) is 61.2 Å². The normalized spacial score (nSPS) is 15.9. The Morgan fingerprint density at radius 2 is 2.00 bits per heavy atom. The minimum atomic E-state index is -1.02. The van der Waals surface area contributed by atoms with Gasteiger partial charge in [0.15, 0.2) is 6.61 Å². The van der Waals surface area contributed by atoms with Crippen LogP contribution in [0, 0.1) is 5.92 Å². The van der Waals surface area contributed by atoms with Gasteiger partial charge in [-0.25, -0.2) is 9.59 Å². The Morgan fingerprint density at radius 1 is 1.12 bits per heavy atom. The number of hydrogen-bond donors (Lipinski definition) is 2. The van der Waals surface area contributed by atoms with Crippen LogP contribution in [-0.2, 0) is 17.8 Å². The van der Waals surface area contributed by atoms with E-state index >= 15 is 0 Å². The summed E-state index contributed by atoms with van der Waals surface area (Å²) < 4.78 is 5.54. The maximum absolute atomic E-state index is 11.2. The number of carbonyl (C=O) groups is 2. The Morgan fingerprint density at radius 3 is 2.76 bits per heavy atom. The summed E-state index contributed by atoms with van der Waals surface area (Å²) in [4.78, 5) is 33.0. The van der Waals surface area contributed by atoms with Crippen LogP contribution in [0.2, 0.25) is 0 Å². The molecule has 33 heavy (non-hydrogen) atoms. The van der Waals surface area contributed by atoms with Crippen molar-refractivity contribution in [2.75, 3.05) is 19.7 Å². The summed E-state index contributed by atoms with van der Waals surface area (Å²) in [5.41, 5.74) is 3.86. The van der Waals surface area contributed by atoms with Crippen LogP contribution in [-0.4, -0.2) is 56.7 Å². The van der Waals surface area contributed by atoms with Crippen molar-refractivity contribution >= 4 is 11.9 Å². The smallest absolute Gasteiger partial charge is 0.341 e. The molecule has 1 atom stereocenters. The zero-order valence-electron chi connectivity index (χ0n) is 18.1. The number of aromatic carboxylic acids is 1. The first kappa shape index (κ1) is 22.4. The van der Waals surface area contributed by atoms with E-state index in [1.807, 2.05) is 18.2 Å². The average molecular weight is 447 g/mol. The Hall–Kier alpha value is -3.78. The van der Waals surface area contributed by atoms with Crippen LogP contribution < -0.4 is 4.74 Å². The van der Waals surface area contributed by atoms with E-state index in [1.54, 1.807) is 42.9 Å². The van der Waals surface area contributed by atoms with E-state index in [2.05, 4.69) is 14.9 Å². The molecule has 0 bridgehead atoms. The lowest BCUT2D eigenvalue weighted by molar-refractivity contribution is -0.139. The van der Waals surface area contributed by atoms with Crippen molar-refractivity contribution in [1.82, 2.24) is 14.9 Å². The van der Waals surface area contributed by atoms with E-state index in [-0.39, 0.29) is 0 Å². The number of aromatic nitrogens is 2. The molecule has 2 heterocycles. The number of hydrogen-bond acceptors (Lipinski definition) is 6. The van der Waals surface area contributed by atoms with Gasteiger partial charge in [0.1, 0.15) is 5.75 Å². The maximum atomic E-state index is 11.2. The van der Waals surface area contributed by atoms with Gasteiger partial charge in [-0.1, -0.05) is 12.1 Å². The van der Waals surface area contributed by atoms with Crippen LogP contribution in [0.1, 0.15) is 27.9 Å². The number of nitrogens with zero attached hydrogens (tertiary/aromatic N) is 3. The molecule has 2 N–H and O–H groups in total. The fraction of sp³-hybridized carbons (Fsp3) is 0.280. The second-order valence-corrected chi connectivity index (χ2v) is 8.20. The van der Waals surface area contributed by atoms with Gasteiger partial charge >= 0.3 is 11.9 Å². The molecule has 1 aliphatic heterocycles. The second kappa shape index (κ2) is 10.2. The van der Waals surface area contributed by atoms with Crippen molar-refractivity contribution in [3.63, 3.8) is 0 Å². The van der Waals surface area contributed by atoms with E-state index in [0.717, 1.165) is 48.3 Å². The van der Waals surface area contributed by atoms with E-state index in [1.165, 1.54) is 0 Å². The highest BCUT2D eigenvalue weighted by atomic mass is 16.5. The summed E-state index contributed by atoms with van der Waals surface area (Å²) in [5, 5.41) is 18.2. The molecular formula is C25H25N3O5. The van der Waals surface area contributed by atoms with Crippen molar-refractivity contribution < 1.29 is 24.5 Å². The maximum Gasteiger partial charge on any atom is 0.341 e. The molecule has 4 rings (SSSR count). The van der Waals surface area contributed by atoms with Gasteiger partial charge in [-0.15, -0.1) is 0 Å². The number of carboxylic acid groups (broad SMARTS) is 2. The largest absolute Gasteiger partial charge is 0.482 e. The number of benzene rings is 2.